The molecule has 0 saturated carbocycles. The molecule has 0 saturated heterocycles. The fourth-order valence-electron chi connectivity index (χ4n) is 1.04. The lowest BCUT2D eigenvalue weighted by Gasteiger charge is -1.97. The van der Waals surface area contributed by atoms with Crippen LogP contribution < -0.4 is 0 Å². The average molecular weight is 280 g/mol. The van der Waals surface area contributed by atoms with Crippen molar-refractivity contribution in [3.8, 4) is 0 Å². The Kier molecular flexibility index (Phi) is 2.38. The minimum Gasteiger partial charge on any atom is -0.143 e. The normalized spacial score (nSPS) is 10.9. The van der Waals surface area contributed by atoms with Gasteiger partial charge < -0.3 is 0 Å². The van der Waals surface area contributed by atoms with Crippen molar-refractivity contribution in [3.63, 3.8) is 0 Å². The maximum Gasteiger partial charge on any atom is 0.0637 e. The molecule has 0 atom stereocenters. The third-order valence-electron chi connectivity index (χ3n) is 1.61. The highest BCUT2D eigenvalue weighted by atomic mass is 79.9. The van der Waals surface area contributed by atoms with E-state index in [1.54, 1.807) is 11.3 Å². The van der Waals surface area contributed by atoms with Gasteiger partial charge in [0.15, 0.2) is 0 Å². The Morgan fingerprint density at radius 2 is 2.17 bits per heavy atom. The Morgan fingerprint density at radius 3 is 2.92 bits per heavy atom. The van der Waals surface area contributed by atoms with E-state index < -0.39 is 0 Å². The van der Waals surface area contributed by atoms with Crippen LogP contribution in [-0.4, -0.2) is 0 Å². The first-order valence-corrected chi connectivity index (χ1v) is 5.74. The van der Waals surface area contributed by atoms with Gasteiger partial charge in [-0.2, -0.15) is 0 Å². The third-order valence-corrected chi connectivity index (χ3v) is 4.38. The fourth-order valence-corrected chi connectivity index (χ4v) is 3.31. The molecular weight excluding hydrogens is 276 g/mol. The first kappa shape index (κ1) is 8.88. The van der Waals surface area contributed by atoms with E-state index in [0.29, 0.717) is 0 Å². The number of thiophene rings is 1. The molecule has 0 aliphatic rings. The highest BCUT2D eigenvalue weighted by Gasteiger charge is 2.07. The summed E-state index contributed by atoms with van der Waals surface area (Å²) in [5.74, 6) is 0. The molecule has 1 aromatic heterocycles. The second-order valence-electron chi connectivity index (χ2n) is 2.36. The van der Waals surface area contributed by atoms with Crippen molar-refractivity contribution in [1.82, 2.24) is 0 Å². The van der Waals surface area contributed by atoms with Gasteiger partial charge in [0, 0.05) is 24.8 Å². The SMILES string of the molecule is Sc1ccc2scc(Br)c2c1Cl. The number of hydrogen-bond donors (Lipinski definition) is 1. The van der Waals surface area contributed by atoms with Crippen LogP contribution >= 0.6 is 51.5 Å². The van der Waals surface area contributed by atoms with Crippen LogP contribution in [0.2, 0.25) is 5.02 Å². The Hall–Kier alpha value is 0.300. The second-order valence-corrected chi connectivity index (χ2v) is 4.98. The third kappa shape index (κ3) is 1.29. The lowest BCUT2D eigenvalue weighted by atomic mass is 10.3. The van der Waals surface area contributed by atoms with E-state index in [4.69, 9.17) is 11.6 Å². The van der Waals surface area contributed by atoms with Gasteiger partial charge in [-0.15, -0.1) is 24.0 Å². The van der Waals surface area contributed by atoms with E-state index in [-0.39, 0.29) is 0 Å². The number of halogens is 2. The average Bonchev–Trinajstić information content (AvgIpc) is 2.41. The zero-order valence-corrected chi connectivity index (χ0v) is 9.90. The Labute approximate surface area is 93.1 Å². The Morgan fingerprint density at radius 1 is 1.42 bits per heavy atom. The number of fused-ring (bicyclic) bond motifs is 1. The minimum absolute atomic E-state index is 0.726. The van der Waals surface area contributed by atoms with E-state index in [1.165, 1.54) is 4.70 Å². The number of hydrogen-bond acceptors (Lipinski definition) is 2. The molecule has 0 unspecified atom stereocenters. The van der Waals surface area contributed by atoms with Crippen molar-refractivity contribution in [2.45, 2.75) is 4.90 Å². The van der Waals surface area contributed by atoms with Crippen LogP contribution in [0.15, 0.2) is 26.9 Å². The molecule has 1 heterocycles. The summed E-state index contributed by atoms with van der Waals surface area (Å²) in [6.45, 7) is 0. The summed E-state index contributed by atoms with van der Waals surface area (Å²) in [5, 5.41) is 3.82. The van der Waals surface area contributed by atoms with Gasteiger partial charge in [0.05, 0.1) is 5.02 Å². The van der Waals surface area contributed by atoms with Gasteiger partial charge >= 0.3 is 0 Å². The highest BCUT2D eigenvalue weighted by Crippen LogP contribution is 2.38. The van der Waals surface area contributed by atoms with Crippen LogP contribution in [0.1, 0.15) is 0 Å². The topological polar surface area (TPSA) is 0 Å². The van der Waals surface area contributed by atoms with Crippen molar-refractivity contribution in [3.05, 3.63) is 27.0 Å². The minimum atomic E-state index is 0.726. The highest BCUT2D eigenvalue weighted by molar-refractivity contribution is 9.10. The number of thiol groups is 1. The molecule has 12 heavy (non-hydrogen) atoms. The lowest BCUT2D eigenvalue weighted by molar-refractivity contribution is 1.53. The molecule has 0 fully saturated rings. The zero-order chi connectivity index (χ0) is 8.72. The van der Waals surface area contributed by atoms with Crippen molar-refractivity contribution < 1.29 is 0 Å². The predicted octanol–water partition coefficient (Wildman–Crippen LogP) is 4.61. The first-order valence-electron chi connectivity index (χ1n) is 3.24. The summed E-state index contributed by atoms with van der Waals surface area (Å²) in [6.07, 6.45) is 0. The second kappa shape index (κ2) is 3.22. The predicted molar refractivity (Wildman–Crippen MR) is 61.8 cm³/mol. The van der Waals surface area contributed by atoms with Gasteiger partial charge in [-0.1, -0.05) is 11.6 Å². The molecule has 0 aliphatic carbocycles. The van der Waals surface area contributed by atoms with Crippen molar-refractivity contribution in [2.24, 2.45) is 0 Å². The van der Waals surface area contributed by atoms with Crippen LogP contribution in [0.4, 0.5) is 0 Å². The molecule has 1 aromatic carbocycles. The van der Waals surface area contributed by atoms with Crippen LogP contribution in [0.5, 0.6) is 0 Å². The van der Waals surface area contributed by atoms with Gasteiger partial charge in [0.2, 0.25) is 0 Å². The first-order chi connectivity index (χ1) is 5.70. The quantitative estimate of drug-likeness (QED) is 0.669. The molecule has 4 heteroatoms. The van der Waals surface area contributed by atoms with E-state index in [1.807, 2.05) is 17.5 Å². The largest absolute Gasteiger partial charge is 0.143 e. The van der Waals surface area contributed by atoms with Gasteiger partial charge in [-0.3, -0.25) is 0 Å². The maximum absolute atomic E-state index is 6.07. The van der Waals surface area contributed by atoms with E-state index in [0.717, 1.165) is 19.8 Å². The molecular formula is C8H4BrClS2. The van der Waals surface area contributed by atoms with Gasteiger partial charge in [-0.05, 0) is 28.1 Å². The van der Waals surface area contributed by atoms with Crippen LogP contribution in [-0.2, 0) is 0 Å². The monoisotopic (exact) mass is 278 g/mol. The summed E-state index contributed by atoms with van der Waals surface area (Å²) in [5.41, 5.74) is 0. The lowest BCUT2D eigenvalue weighted by Crippen LogP contribution is -1.70. The molecule has 0 bridgehead atoms. The molecule has 0 nitrogen and oxygen atoms in total. The maximum atomic E-state index is 6.07. The van der Waals surface area contributed by atoms with E-state index in [2.05, 4.69) is 28.6 Å². The summed E-state index contributed by atoms with van der Waals surface area (Å²) in [4.78, 5) is 0.822. The summed E-state index contributed by atoms with van der Waals surface area (Å²) in [7, 11) is 0. The van der Waals surface area contributed by atoms with Crippen LogP contribution in [0.3, 0.4) is 0 Å². The van der Waals surface area contributed by atoms with Crippen molar-refractivity contribution in [1.29, 1.82) is 0 Å². The van der Waals surface area contributed by atoms with Crippen molar-refractivity contribution in [2.75, 3.05) is 0 Å². The van der Waals surface area contributed by atoms with E-state index >= 15 is 0 Å². The summed E-state index contributed by atoms with van der Waals surface area (Å²) in [6, 6.07) is 3.94. The zero-order valence-electron chi connectivity index (χ0n) is 5.84. The number of rotatable bonds is 0. The van der Waals surface area contributed by atoms with Crippen LogP contribution in [0.25, 0.3) is 10.1 Å². The Bertz CT molecular complexity index is 436. The fraction of sp³-hybridized carbons (Fsp3) is 0. The Balaban J connectivity index is 2.96. The van der Waals surface area contributed by atoms with Crippen LogP contribution in [0, 0.1) is 0 Å². The standard InChI is InChI=1S/C8H4BrClS2/c9-4-3-12-6-2-1-5(11)8(10)7(4)6/h1-3,11H. The molecule has 62 valence electrons. The molecule has 2 aromatic rings. The molecule has 0 N–H and O–H groups in total. The van der Waals surface area contributed by atoms with Crippen molar-refractivity contribution >= 4 is 61.6 Å². The molecule has 0 spiro atoms. The van der Waals surface area contributed by atoms with Gasteiger partial charge in [0.25, 0.3) is 0 Å². The molecule has 2 rings (SSSR count). The number of benzene rings is 1. The van der Waals surface area contributed by atoms with Gasteiger partial charge in [0.1, 0.15) is 0 Å². The summed E-state index contributed by atoms with van der Waals surface area (Å²) >= 11 is 15.4. The summed E-state index contributed by atoms with van der Waals surface area (Å²) < 4.78 is 2.23. The van der Waals surface area contributed by atoms with E-state index in [9.17, 15) is 0 Å². The molecule has 0 radical (unpaired) electrons. The van der Waals surface area contributed by atoms with Gasteiger partial charge in [-0.25, -0.2) is 0 Å². The smallest absolute Gasteiger partial charge is 0.0637 e. The molecule has 0 aliphatic heterocycles. The molecule has 0 amide bonds.